The molecule has 2 nitrogen and oxygen atoms in total. The number of rotatable bonds is 5. The molecule has 2 unspecified atom stereocenters. The summed E-state index contributed by atoms with van der Waals surface area (Å²) in [5.74, 6) is 0.199. The molecule has 142 valence electrons. The molecule has 0 saturated heterocycles. The van der Waals surface area contributed by atoms with Gasteiger partial charge in [0.25, 0.3) is 0 Å². The largest absolute Gasteiger partial charge is 0.299 e. The molecule has 3 rings (SSSR count). The highest BCUT2D eigenvalue weighted by atomic mass is 79.9. The molecule has 2 aromatic carbocycles. The van der Waals surface area contributed by atoms with Gasteiger partial charge in [0.2, 0.25) is 0 Å². The van der Waals surface area contributed by atoms with Gasteiger partial charge in [-0.25, -0.2) is 0 Å². The normalized spacial score (nSPS) is 19.2. The molecule has 27 heavy (non-hydrogen) atoms. The van der Waals surface area contributed by atoms with E-state index >= 15 is 0 Å². The third-order valence-corrected chi connectivity index (χ3v) is 6.24. The molecule has 0 heterocycles. The van der Waals surface area contributed by atoms with Gasteiger partial charge in [0.15, 0.2) is 5.78 Å². The number of Topliss-reactive ketones (excluding diaryl/α,β-unsaturated/α-hetero) is 2. The van der Waals surface area contributed by atoms with Crippen LogP contribution < -0.4 is 0 Å². The fourth-order valence-electron chi connectivity index (χ4n) is 3.94. The van der Waals surface area contributed by atoms with Crippen molar-refractivity contribution in [3.8, 4) is 0 Å². The van der Waals surface area contributed by atoms with Gasteiger partial charge in [-0.3, -0.25) is 9.59 Å². The number of hydrogen-bond acceptors (Lipinski definition) is 2. The second-order valence-electron chi connectivity index (χ2n) is 7.32. The number of ketones is 2. The SMILES string of the molecule is O=C(CC(c1ccc(Cl)cc1)C1CCCCCCC1=O)c1ccc(Br)cc1. The highest BCUT2D eigenvalue weighted by Crippen LogP contribution is 2.36. The molecule has 0 aromatic heterocycles. The number of benzene rings is 2. The van der Waals surface area contributed by atoms with Crippen LogP contribution in [0.2, 0.25) is 5.02 Å². The van der Waals surface area contributed by atoms with Gasteiger partial charge in [-0.15, -0.1) is 0 Å². The minimum atomic E-state index is -0.0935. The standard InChI is InChI=1S/C23H24BrClO2/c24-18-11-7-17(8-12-18)23(27)15-21(16-9-13-19(25)14-10-16)20-5-3-1-2-4-6-22(20)26/h7-14,20-21H,1-6,15H2. The Morgan fingerprint density at radius 1 is 1.00 bits per heavy atom. The second kappa shape index (κ2) is 9.66. The van der Waals surface area contributed by atoms with Gasteiger partial charge < -0.3 is 0 Å². The Bertz CT molecular complexity index is 783. The second-order valence-corrected chi connectivity index (χ2v) is 8.67. The van der Waals surface area contributed by atoms with Crippen molar-refractivity contribution >= 4 is 39.1 Å². The molecule has 2 atom stereocenters. The first-order valence-corrected chi connectivity index (χ1v) is 10.8. The summed E-state index contributed by atoms with van der Waals surface area (Å²) in [5.41, 5.74) is 1.72. The lowest BCUT2D eigenvalue weighted by Gasteiger charge is -2.28. The van der Waals surface area contributed by atoms with E-state index in [2.05, 4.69) is 15.9 Å². The first-order chi connectivity index (χ1) is 13.0. The van der Waals surface area contributed by atoms with E-state index in [-0.39, 0.29) is 17.6 Å². The zero-order chi connectivity index (χ0) is 19.2. The molecule has 2 aromatic rings. The zero-order valence-corrected chi connectivity index (χ0v) is 17.6. The number of halogens is 2. The fraction of sp³-hybridized carbons (Fsp3) is 0.391. The zero-order valence-electron chi connectivity index (χ0n) is 15.3. The topological polar surface area (TPSA) is 34.1 Å². The van der Waals surface area contributed by atoms with Gasteiger partial charge >= 0.3 is 0 Å². The van der Waals surface area contributed by atoms with Crippen molar-refractivity contribution in [2.24, 2.45) is 5.92 Å². The summed E-state index contributed by atoms with van der Waals surface area (Å²) in [4.78, 5) is 25.8. The molecule has 0 spiro atoms. The van der Waals surface area contributed by atoms with E-state index in [4.69, 9.17) is 11.6 Å². The minimum absolute atomic E-state index is 0.0808. The van der Waals surface area contributed by atoms with Crippen molar-refractivity contribution in [1.29, 1.82) is 0 Å². The van der Waals surface area contributed by atoms with E-state index in [1.807, 2.05) is 48.5 Å². The Hall–Kier alpha value is -1.45. The number of hydrogen-bond donors (Lipinski definition) is 0. The van der Waals surface area contributed by atoms with Crippen LogP contribution >= 0.6 is 27.5 Å². The smallest absolute Gasteiger partial charge is 0.163 e. The van der Waals surface area contributed by atoms with E-state index in [0.717, 1.165) is 42.1 Å². The molecule has 0 bridgehead atoms. The molecule has 0 N–H and O–H groups in total. The summed E-state index contributed by atoms with van der Waals surface area (Å²) in [6, 6.07) is 15.1. The van der Waals surface area contributed by atoms with Gasteiger partial charge in [0.1, 0.15) is 5.78 Å². The first-order valence-electron chi connectivity index (χ1n) is 9.61. The summed E-state index contributed by atoms with van der Waals surface area (Å²) in [7, 11) is 0. The summed E-state index contributed by atoms with van der Waals surface area (Å²) in [6.07, 6.45) is 6.14. The van der Waals surface area contributed by atoms with Crippen LogP contribution in [0.1, 0.15) is 66.8 Å². The van der Waals surface area contributed by atoms with E-state index in [1.165, 1.54) is 0 Å². The van der Waals surface area contributed by atoms with E-state index < -0.39 is 0 Å². The van der Waals surface area contributed by atoms with E-state index in [1.54, 1.807) is 0 Å². The fourth-order valence-corrected chi connectivity index (χ4v) is 4.34. The van der Waals surface area contributed by atoms with Crippen molar-refractivity contribution < 1.29 is 9.59 Å². The predicted octanol–water partition coefficient (Wildman–Crippen LogP) is 7.00. The van der Waals surface area contributed by atoms with Crippen molar-refractivity contribution in [3.05, 3.63) is 69.2 Å². The van der Waals surface area contributed by atoms with Crippen LogP contribution in [-0.4, -0.2) is 11.6 Å². The van der Waals surface area contributed by atoms with Crippen LogP contribution in [0.3, 0.4) is 0 Å². The Balaban J connectivity index is 1.88. The van der Waals surface area contributed by atoms with Gasteiger partial charge in [-0.05, 0) is 42.7 Å². The van der Waals surface area contributed by atoms with Crippen LogP contribution in [0.25, 0.3) is 0 Å². The summed E-state index contributed by atoms with van der Waals surface area (Å²) in [5, 5.41) is 0.667. The minimum Gasteiger partial charge on any atom is -0.299 e. The highest BCUT2D eigenvalue weighted by Gasteiger charge is 2.31. The average Bonchev–Trinajstić information content (AvgIpc) is 2.65. The number of carbonyl (C=O) groups excluding carboxylic acids is 2. The Morgan fingerprint density at radius 3 is 2.37 bits per heavy atom. The Morgan fingerprint density at radius 2 is 1.67 bits per heavy atom. The lowest BCUT2D eigenvalue weighted by molar-refractivity contribution is -0.124. The van der Waals surface area contributed by atoms with Crippen LogP contribution in [0, 0.1) is 5.92 Å². The van der Waals surface area contributed by atoms with Crippen molar-refractivity contribution in [2.75, 3.05) is 0 Å². The van der Waals surface area contributed by atoms with Crippen LogP contribution in [0.15, 0.2) is 53.0 Å². The molecular formula is C23H24BrClO2. The Kier molecular flexibility index (Phi) is 7.26. The molecule has 1 fully saturated rings. The Labute approximate surface area is 174 Å². The molecule has 1 aliphatic carbocycles. The van der Waals surface area contributed by atoms with Gasteiger partial charge in [0, 0.05) is 39.7 Å². The van der Waals surface area contributed by atoms with Crippen molar-refractivity contribution in [2.45, 2.75) is 50.9 Å². The van der Waals surface area contributed by atoms with Crippen molar-refractivity contribution in [1.82, 2.24) is 0 Å². The third-order valence-electron chi connectivity index (χ3n) is 5.46. The molecule has 0 aliphatic heterocycles. The van der Waals surface area contributed by atoms with Gasteiger partial charge in [-0.1, -0.05) is 71.1 Å². The maximum atomic E-state index is 13.0. The van der Waals surface area contributed by atoms with E-state index in [9.17, 15) is 9.59 Å². The maximum absolute atomic E-state index is 13.0. The highest BCUT2D eigenvalue weighted by molar-refractivity contribution is 9.10. The average molecular weight is 448 g/mol. The van der Waals surface area contributed by atoms with Gasteiger partial charge in [-0.2, -0.15) is 0 Å². The number of carbonyl (C=O) groups is 2. The van der Waals surface area contributed by atoms with Crippen LogP contribution in [0.5, 0.6) is 0 Å². The van der Waals surface area contributed by atoms with Crippen LogP contribution in [-0.2, 0) is 4.79 Å². The molecule has 0 radical (unpaired) electrons. The van der Waals surface area contributed by atoms with Crippen LogP contribution in [0.4, 0.5) is 0 Å². The summed E-state index contributed by atoms with van der Waals surface area (Å²) < 4.78 is 0.948. The lowest BCUT2D eigenvalue weighted by Crippen LogP contribution is -2.26. The quantitative estimate of drug-likeness (QED) is 0.462. The van der Waals surface area contributed by atoms with Crippen molar-refractivity contribution in [3.63, 3.8) is 0 Å². The lowest BCUT2D eigenvalue weighted by atomic mass is 9.75. The molecule has 4 heteroatoms. The summed E-state index contributed by atoms with van der Waals surface area (Å²) in [6.45, 7) is 0. The molecule has 1 aliphatic rings. The third kappa shape index (κ3) is 5.52. The van der Waals surface area contributed by atoms with Gasteiger partial charge in [0.05, 0.1) is 0 Å². The molecule has 0 amide bonds. The van der Waals surface area contributed by atoms with E-state index in [0.29, 0.717) is 29.2 Å². The molecular weight excluding hydrogens is 424 g/mol. The monoisotopic (exact) mass is 446 g/mol. The predicted molar refractivity (Wildman–Crippen MR) is 113 cm³/mol. The molecule has 1 saturated carbocycles. The maximum Gasteiger partial charge on any atom is 0.163 e. The summed E-state index contributed by atoms with van der Waals surface area (Å²) >= 11 is 9.46. The first kappa shape index (κ1) is 20.3.